The quantitative estimate of drug-likeness (QED) is 0.204. The summed E-state index contributed by atoms with van der Waals surface area (Å²) < 4.78 is 35.0. The van der Waals surface area contributed by atoms with Crippen LogP contribution in [-0.4, -0.2) is 50.1 Å². The van der Waals surface area contributed by atoms with Crippen LogP contribution in [0.15, 0.2) is 121 Å². The van der Waals surface area contributed by atoms with Crippen molar-refractivity contribution in [1.82, 2.24) is 4.90 Å². The predicted molar refractivity (Wildman–Crippen MR) is 165 cm³/mol. The zero-order valence-electron chi connectivity index (χ0n) is 24.6. The molecule has 4 aromatic carbocycles. The maximum Gasteiger partial charge on any atom is 0.335 e. The number of nitrogens with zero attached hydrogens (tertiary/aromatic N) is 1. The molecule has 2 aliphatic rings. The summed E-state index contributed by atoms with van der Waals surface area (Å²) in [7, 11) is 2.11. The van der Waals surface area contributed by atoms with E-state index in [1.54, 1.807) is 0 Å². The molecule has 2 atom stereocenters. The molecule has 6 rings (SSSR count). The predicted octanol–water partition coefficient (Wildman–Crippen LogP) is 7.25. The van der Waals surface area contributed by atoms with E-state index in [9.17, 15) is 0 Å². The molecule has 2 saturated heterocycles. The van der Waals surface area contributed by atoms with Gasteiger partial charge in [-0.25, -0.2) is 0 Å². The molecule has 0 radical (unpaired) electrons. The molecule has 2 fully saturated rings. The minimum atomic E-state index is -1.94. The Balaban J connectivity index is 1.65. The Morgan fingerprint density at radius 3 is 1.24 bits per heavy atom. The van der Waals surface area contributed by atoms with Gasteiger partial charge in [-0.15, -0.1) is 0 Å². The third-order valence-electron chi connectivity index (χ3n) is 7.88. The lowest BCUT2D eigenvalue weighted by molar-refractivity contribution is -0.176. The SMILES string of the molecule is CN(C)CCOP1OC(c2ccccc2)(c2ccccc2)[C@@H]2OC(C)(C)O[C@H]2C(c2ccccc2)(c2ccccc2)O1. The van der Waals surface area contributed by atoms with Crippen molar-refractivity contribution in [2.45, 2.75) is 43.0 Å². The van der Waals surface area contributed by atoms with Gasteiger partial charge in [0.25, 0.3) is 0 Å². The highest BCUT2D eigenvalue weighted by Gasteiger charge is 2.67. The number of hydrogen-bond donors (Lipinski definition) is 0. The molecule has 2 aliphatic heterocycles. The molecule has 2 heterocycles. The summed E-state index contributed by atoms with van der Waals surface area (Å²) in [5, 5.41) is 0. The van der Waals surface area contributed by atoms with Crippen LogP contribution in [0.1, 0.15) is 36.1 Å². The summed E-state index contributed by atoms with van der Waals surface area (Å²) in [6.45, 7) is 5.06. The Labute approximate surface area is 250 Å². The molecule has 0 saturated carbocycles. The lowest BCUT2D eigenvalue weighted by Crippen LogP contribution is -2.53. The van der Waals surface area contributed by atoms with Crippen LogP contribution >= 0.6 is 8.60 Å². The number of fused-ring (bicyclic) bond motifs is 1. The van der Waals surface area contributed by atoms with Crippen LogP contribution in [0, 0.1) is 0 Å². The Hall–Kier alpha value is -2.93. The highest BCUT2D eigenvalue weighted by atomic mass is 31.2. The van der Waals surface area contributed by atoms with Gasteiger partial charge in [-0.1, -0.05) is 121 Å². The van der Waals surface area contributed by atoms with E-state index in [1.165, 1.54) is 0 Å². The number of rotatable bonds is 8. The Morgan fingerprint density at radius 1 is 0.595 bits per heavy atom. The maximum atomic E-state index is 7.26. The van der Waals surface area contributed by atoms with Gasteiger partial charge in [0.05, 0.1) is 6.61 Å². The molecule has 7 heteroatoms. The third-order valence-corrected chi connectivity index (χ3v) is 9.15. The summed E-state index contributed by atoms with van der Waals surface area (Å²) in [4.78, 5) is 2.08. The first-order valence-electron chi connectivity index (χ1n) is 14.4. The first-order valence-corrected chi connectivity index (χ1v) is 15.5. The molecular formula is C35H38NO5P. The highest BCUT2D eigenvalue weighted by Crippen LogP contribution is 2.64. The van der Waals surface area contributed by atoms with Gasteiger partial charge >= 0.3 is 8.60 Å². The van der Waals surface area contributed by atoms with E-state index in [1.807, 2.05) is 101 Å². The average molecular weight is 584 g/mol. The molecule has 0 N–H and O–H groups in total. The lowest BCUT2D eigenvalue weighted by atomic mass is 9.72. The fourth-order valence-electron chi connectivity index (χ4n) is 6.01. The van der Waals surface area contributed by atoms with Gasteiger partial charge in [0.2, 0.25) is 0 Å². The first kappa shape index (κ1) is 29.2. The van der Waals surface area contributed by atoms with E-state index in [-0.39, 0.29) is 0 Å². The summed E-state index contributed by atoms with van der Waals surface area (Å²) in [6, 6.07) is 41.0. The van der Waals surface area contributed by atoms with E-state index >= 15 is 0 Å². The van der Waals surface area contributed by atoms with Gasteiger partial charge in [0.15, 0.2) is 17.0 Å². The standard InChI is InChI=1S/C35H38NO5P/c1-33(2)38-31-32(39-33)35(29-21-13-7-14-22-29,30-23-15-8-16-24-30)41-42(37-26-25-36(3)4)40-34(31,27-17-9-5-10-18-27)28-19-11-6-12-20-28/h5-24,31-32H,25-26H2,1-4H3/t31-,32-/m1/s1. The number of hydrogen-bond acceptors (Lipinski definition) is 6. The largest absolute Gasteiger partial charge is 0.341 e. The summed E-state index contributed by atoms with van der Waals surface area (Å²) in [5.74, 6) is -0.919. The third kappa shape index (κ3) is 5.34. The molecule has 0 amide bonds. The molecule has 4 aromatic rings. The normalized spacial score (nSPS) is 22.9. The van der Waals surface area contributed by atoms with Crippen LogP contribution in [0.3, 0.4) is 0 Å². The van der Waals surface area contributed by atoms with Crippen molar-refractivity contribution in [3.05, 3.63) is 144 Å². The van der Waals surface area contributed by atoms with Crippen LogP contribution in [0.4, 0.5) is 0 Å². The zero-order chi connectivity index (χ0) is 29.2. The number of likely N-dealkylation sites (N-methyl/N-ethyl adjacent to an activating group) is 1. The van der Waals surface area contributed by atoms with Crippen molar-refractivity contribution in [1.29, 1.82) is 0 Å². The fraction of sp³-hybridized carbons (Fsp3) is 0.314. The molecule has 42 heavy (non-hydrogen) atoms. The second kappa shape index (κ2) is 12.0. The summed E-state index contributed by atoms with van der Waals surface area (Å²) in [6.07, 6.45) is -1.22. The van der Waals surface area contributed by atoms with Gasteiger partial charge in [0, 0.05) is 6.54 Å². The van der Waals surface area contributed by atoms with Gasteiger partial charge in [-0.05, 0) is 50.2 Å². The van der Waals surface area contributed by atoms with Gasteiger partial charge in [-0.2, -0.15) is 0 Å². The van der Waals surface area contributed by atoms with Crippen molar-refractivity contribution >= 4 is 8.60 Å². The average Bonchev–Trinajstić information content (AvgIpc) is 3.30. The number of benzene rings is 4. The summed E-state index contributed by atoms with van der Waals surface area (Å²) in [5.41, 5.74) is 1.56. The molecule has 0 unspecified atom stereocenters. The van der Waals surface area contributed by atoms with E-state index in [2.05, 4.69) is 53.4 Å². The Morgan fingerprint density at radius 2 is 0.929 bits per heavy atom. The molecule has 0 spiro atoms. The first-order chi connectivity index (χ1) is 20.3. The van der Waals surface area contributed by atoms with Crippen molar-refractivity contribution in [3.8, 4) is 0 Å². The second-order valence-corrected chi connectivity index (χ2v) is 12.5. The minimum Gasteiger partial charge on any atom is -0.341 e. The van der Waals surface area contributed by atoms with Crippen molar-refractivity contribution in [3.63, 3.8) is 0 Å². The lowest BCUT2D eigenvalue weighted by Gasteiger charge is -2.41. The van der Waals surface area contributed by atoms with Crippen molar-refractivity contribution < 1.29 is 23.0 Å². The van der Waals surface area contributed by atoms with Crippen molar-refractivity contribution in [2.75, 3.05) is 27.2 Å². The second-order valence-electron chi connectivity index (χ2n) is 11.5. The maximum absolute atomic E-state index is 7.26. The van der Waals surface area contributed by atoms with Crippen LogP contribution in [0.25, 0.3) is 0 Å². The number of ether oxygens (including phenoxy) is 2. The van der Waals surface area contributed by atoms with Crippen LogP contribution in [0.2, 0.25) is 0 Å². The molecule has 218 valence electrons. The van der Waals surface area contributed by atoms with Gasteiger partial charge in [0.1, 0.15) is 12.2 Å². The van der Waals surface area contributed by atoms with Gasteiger partial charge in [-0.3, -0.25) is 9.05 Å². The molecular weight excluding hydrogens is 545 g/mol. The highest BCUT2D eigenvalue weighted by molar-refractivity contribution is 7.41. The van der Waals surface area contributed by atoms with Crippen molar-refractivity contribution in [2.24, 2.45) is 0 Å². The van der Waals surface area contributed by atoms with E-state index < -0.39 is 37.8 Å². The van der Waals surface area contributed by atoms with E-state index in [4.69, 9.17) is 23.0 Å². The van der Waals surface area contributed by atoms with Crippen LogP contribution in [0.5, 0.6) is 0 Å². The van der Waals surface area contributed by atoms with Crippen LogP contribution < -0.4 is 0 Å². The monoisotopic (exact) mass is 583 g/mol. The minimum absolute atomic E-state index is 0.431. The van der Waals surface area contributed by atoms with E-state index in [0.717, 1.165) is 22.3 Å². The zero-order valence-corrected chi connectivity index (χ0v) is 25.4. The molecule has 6 nitrogen and oxygen atoms in total. The van der Waals surface area contributed by atoms with E-state index in [0.29, 0.717) is 13.2 Å². The smallest absolute Gasteiger partial charge is 0.335 e. The Bertz CT molecular complexity index is 1250. The molecule has 0 aliphatic carbocycles. The molecule has 0 bridgehead atoms. The van der Waals surface area contributed by atoms with Gasteiger partial charge < -0.3 is 18.9 Å². The topological polar surface area (TPSA) is 49.4 Å². The molecule has 0 aromatic heterocycles. The van der Waals surface area contributed by atoms with Crippen LogP contribution in [-0.2, 0) is 34.2 Å². The summed E-state index contributed by atoms with van der Waals surface area (Å²) >= 11 is 0. The Kier molecular flexibility index (Phi) is 8.32. The fourth-order valence-corrected chi connectivity index (χ4v) is 7.48.